The molecule has 0 aromatic rings. The molecule has 2 heterocycles. The Hall–Kier alpha value is -0.160. The Morgan fingerprint density at radius 1 is 1.25 bits per heavy atom. The summed E-state index contributed by atoms with van der Waals surface area (Å²) in [6.45, 7) is 8.61. The first-order chi connectivity index (χ1) is 7.54. The molecular weight excluding hydrogens is 204 g/mol. The van der Waals surface area contributed by atoms with E-state index in [2.05, 4.69) is 19.2 Å². The molecule has 0 spiro atoms. The average molecular weight is 228 g/mol. The van der Waals surface area contributed by atoms with E-state index in [0.29, 0.717) is 6.61 Å². The van der Waals surface area contributed by atoms with E-state index >= 15 is 0 Å². The Bertz CT molecular complexity index is 241. The van der Waals surface area contributed by atoms with Crippen molar-refractivity contribution < 1.29 is 9.47 Å². The molecule has 0 aromatic carbocycles. The molecule has 0 saturated carbocycles. The van der Waals surface area contributed by atoms with Crippen molar-refractivity contribution >= 4 is 0 Å². The van der Waals surface area contributed by atoms with Gasteiger partial charge in [-0.25, -0.2) is 0 Å². The second-order valence-electron chi connectivity index (χ2n) is 5.80. The Kier molecular flexibility index (Phi) is 3.54. The Labute approximate surface area is 97.9 Å². The van der Waals surface area contributed by atoms with Crippen LogP contribution in [-0.2, 0) is 9.47 Å². The van der Waals surface area contributed by atoms with Crippen LogP contribution in [0.2, 0.25) is 0 Å². The van der Waals surface area contributed by atoms with Crippen molar-refractivity contribution in [2.45, 2.75) is 38.3 Å². The minimum absolute atomic E-state index is 0.0846. The molecule has 0 radical (unpaired) electrons. The number of ether oxygens (including phenoxy) is 2. The fourth-order valence-corrected chi connectivity index (χ4v) is 2.32. The van der Waals surface area contributed by atoms with Crippen LogP contribution in [0.5, 0.6) is 0 Å². The van der Waals surface area contributed by atoms with Gasteiger partial charge in [0.25, 0.3) is 0 Å². The van der Waals surface area contributed by atoms with Crippen molar-refractivity contribution in [3.8, 4) is 0 Å². The summed E-state index contributed by atoms with van der Waals surface area (Å²) in [6, 6.07) is 0.156. The van der Waals surface area contributed by atoms with Gasteiger partial charge in [-0.2, -0.15) is 0 Å². The lowest BCUT2D eigenvalue weighted by Crippen LogP contribution is -2.54. The van der Waals surface area contributed by atoms with Gasteiger partial charge in [0, 0.05) is 36.8 Å². The Morgan fingerprint density at radius 2 is 1.94 bits per heavy atom. The highest BCUT2D eigenvalue weighted by Crippen LogP contribution is 2.28. The molecule has 4 heteroatoms. The van der Waals surface area contributed by atoms with Crippen molar-refractivity contribution in [3.05, 3.63) is 0 Å². The van der Waals surface area contributed by atoms with Crippen molar-refractivity contribution in [2.75, 3.05) is 33.0 Å². The highest BCUT2D eigenvalue weighted by atomic mass is 16.5. The number of nitrogens with one attached hydrogen (secondary N) is 1. The Morgan fingerprint density at radius 3 is 2.50 bits per heavy atom. The van der Waals surface area contributed by atoms with Crippen LogP contribution in [0, 0.1) is 5.41 Å². The van der Waals surface area contributed by atoms with E-state index in [9.17, 15) is 0 Å². The fraction of sp³-hybridized carbons (Fsp3) is 1.00. The second kappa shape index (κ2) is 4.61. The third-order valence-corrected chi connectivity index (χ3v) is 4.14. The number of hydrogen-bond acceptors (Lipinski definition) is 4. The SMILES string of the molecule is CC1(NCC2(C)COCC2N)CCOCC1. The van der Waals surface area contributed by atoms with Gasteiger partial charge in [-0.3, -0.25) is 0 Å². The summed E-state index contributed by atoms with van der Waals surface area (Å²) < 4.78 is 10.8. The average Bonchev–Trinajstić information content (AvgIpc) is 2.59. The zero-order chi connectivity index (χ0) is 11.6. The van der Waals surface area contributed by atoms with E-state index in [1.165, 1.54) is 0 Å². The van der Waals surface area contributed by atoms with Crippen LogP contribution in [0.4, 0.5) is 0 Å². The van der Waals surface area contributed by atoms with Crippen molar-refractivity contribution in [2.24, 2.45) is 11.1 Å². The molecule has 16 heavy (non-hydrogen) atoms. The summed E-state index contributed by atoms with van der Waals surface area (Å²) in [5.74, 6) is 0. The maximum atomic E-state index is 6.08. The molecule has 4 nitrogen and oxygen atoms in total. The summed E-state index contributed by atoms with van der Waals surface area (Å²) in [4.78, 5) is 0. The van der Waals surface area contributed by atoms with E-state index < -0.39 is 0 Å². The molecule has 2 saturated heterocycles. The molecule has 2 unspecified atom stereocenters. The predicted octanol–water partition coefficient (Wildman–Crippen LogP) is 0.509. The first-order valence-electron chi connectivity index (χ1n) is 6.20. The van der Waals surface area contributed by atoms with Gasteiger partial charge in [0.05, 0.1) is 13.2 Å². The summed E-state index contributed by atoms with van der Waals surface area (Å²) in [7, 11) is 0. The molecule has 0 bridgehead atoms. The van der Waals surface area contributed by atoms with Gasteiger partial charge in [-0.1, -0.05) is 6.92 Å². The highest BCUT2D eigenvalue weighted by Gasteiger charge is 2.39. The van der Waals surface area contributed by atoms with E-state index in [0.717, 1.165) is 39.2 Å². The molecule has 0 aliphatic carbocycles. The zero-order valence-electron chi connectivity index (χ0n) is 10.4. The van der Waals surface area contributed by atoms with Crippen LogP contribution in [0.15, 0.2) is 0 Å². The van der Waals surface area contributed by atoms with Gasteiger partial charge < -0.3 is 20.5 Å². The number of nitrogens with two attached hydrogens (primary N) is 1. The second-order valence-corrected chi connectivity index (χ2v) is 5.80. The fourth-order valence-electron chi connectivity index (χ4n) is 2.32. The van der Waals surface area contributed by atoms with Crippen molar-refractivity contribution in [3.63, 3.8) is 0 Å². The smallest absolute Gasteiger partial charge is 0.0624 e. The van der Waals surface area contributed by atoms with Gasteiger partial charge in [0.2, 0.25) is 0 Å². The molecule has 3 N–H and O–H groups in total. The molecule has 2 fully saturated rings. The predicted molar refractivity (Wildman–Crippen MR) is 63.4 cm³/mol. The number of hydrogen-bond donors (Lipinski definition) is 2. The van der Waals surface area contributed by atoms with Gasteiger partial charge in [-0.05, 0) is 19.8 Å². The van der Waals surface area contributed by atoms with Crippen molar-refractivity contribution in [1.29, 1.82) is 0 Å². The first kappa shape index (κ1) is 12.3. The molecule has 2 rings (SSSR count). The van der Waals surface area contributed by atoms with Gasteiger partial charge in [-0.15, -0.1) is 0 Å². The van der Waals surface area contributed by atoms with Crippen LogP contribution < -0.4 is 11.1 Å². The standard InChI is InChI=1S/C12H24N2O2/c1-11(9-16-7-10(11)13)8-14-12(2)3-5-15-6-4-12/h10,14H,3-9,13H2,1-2H3. The molecule has 0 amide bonds. The molecule has 2 aliphatic heterocycles. The topological polar surface area (TPSA) is 56.5 Å². The number of rotatable bonds is 3. The summed E-state index contributed by atoms with van der Waals surface area (Å²) >= 11 is 0. The summed E-state index contributed by atoms with van der Waals surface area (Å²) in [6.07, 6.45) is 2.17. The molecular formula is C12H24N2O2. The first-order valence-corrected chi connectivity index (χ1v) is 6.20. The Balaban J connectivity index is 1.86. The van der Waals surface area contributed by atoms with Crippen LogP contribution in [-0.4, -0.2) is 44.6 Å². The van der Waals surface area contributed by atoms with Crippen LogP contribution in [0.25, 0.3) is 0 Å². The minimum Gasteiger partial charge on any atom is -0.381 e. The monoisotopic (exact) mass is 228 g/mol. The van der Waals surface area contributed by atoms with Gasteiger partial charge >= 0.3 is 0 Å². The zero-order valence-corrected chi connectivity index (χ0v) is 10.4. The largest absolute Gasteiger partial charge is 0.381 e. The normalized spacial score (nSPS) is 38.8. The minimum atomic E-state index is 0.0846. The quantitative estimate of drug-likeness (QED) is 0.739. The van der Waals surface area contributed by atoms with Crippen LogP contribution in [0.1, 0.15) is 26.7 Å². The summed E-state index contributed by atoms with van der Waals surface area (Å²) in [5.41, 5.74) is 6.38. The summed E-state index contributed by atoms with van der Waals surface area (Å²) in [5, 5.41) is 3.67. The molecule has 94 valence electrons. The van der Waals surface area contributed by atoms with E-state index in [1.54, 1.807) is 0 Å². The van der Waals surface area contributed by atoms with Gasteiger partial charge in [0.15, 0.2) is 0 Å². The molecule has 0 aromatic heterocycles. The van der Waals surface area contributed by atoms with Crippen LogP contribution in [0.3, 0.4) is 0 Å². The van der Waals surface area contributed by atoms with Crippen LogP contribution >= 0.6 is 0 Å². The highest BCUT2D eigenvalue weighted by molar-refractivity contribution is 4.95. The van der Waals surface area contributed by atoms with Crippen molar-refractivity contribution in [1.82, 2.24) is 5.32 Å². The molecule has 2 aliphatic rings. The lowest BCUT2D eigenvalue weighted by atomic mass is 9.83. The maximum Gasteiger partial charge on any atom is 0.0624 e. The molecule has 2 atom stereocenters. The van der Waals surface area contributed by atoms with E-state index in [-0.39, 0.29) is 17.0 Å². The van der Waals surface area contributed by atoms with E-state index in [1.807, 2.05) is 0 Å². The maximum absolute atomic E-state index is 6.08. The lowest BCUT2D eigenvalue weighted by molar-refractivity contribution is 0.0393. The third kappa shape index (κ3) is 2.56. The third-order valence-electron chi connectivity index (χ3n) is 4.14. The van der Waals surface area contributed by atoms with Gasteiger partial charge in [0.1, 0.15) is 0 Å². The van der Waals surface area contributed by atoms with E-state index in [4.69, 9.17) is 15.2 Å². The lowest BCUT2D eigenvalue weighted by Gasteiger charge is -2.38.